The molecular weight excluding hydrogens is 274 g/mol. The van der Waals surface area contributed by atoms with Crippen LogP contribution >= 0.6 is 15.9 Å². The number of hydrogen-bond donors (Lipinski definition) is 2. The zero-order valence-electron chi connectivity index (χ0n) is 9.16. The Balaban J connectivity index is 2.91. The first-order valence-corrected chi connectivity index (χ1v) is 5.66. The fraction of sp³-hybridized carbons (Fsp3) is 0.364. The molecule has 0 aliphatic rings. The molecule has 0 spiro atoms. The second-order valence-electron chi connectivity index (χ2n) is 3.26. The Morgan fingerprint density at radius 2 is 2.31 bits per heavy atom. The predicted octanol–water partition coefficient (Wildman–Crippen LogP) is 1.45. The van der Waals surface area contributed by atoms with Crippen molar-refractivity contribution in [3.63, 3.8) is 0 Å². The molecule has 1 aromatic carbocycles. The largest absolute Gasteiger partial charge is 0.479 e. The van der Waals surface area contributed by atoms with E-state index in [2.05, 4.69) is 21.2 Å². The van der Waals surface area contributed by atoms with E-state index in [1.165, 1.54) is 0 Å². The number of halogens is 1. The fourth-order valence-corrected chi connectivity index (χ4v) is 1.74. The van der Waals surface area contributed by atoms with Crippen LogP contribution < -0.4 is 10.1 Å². The second-order valence-corrected chi connectivity index (χ2v) is 4.11. The minimum Gasteiger partial charge on any atom is -0.479 e. The molecule has 0 fully saturated rings. The lowest BCUT2D eigenvalue weighted by Gasteiger charge is -2.16. The van der Waals surface area contributed by atoms with Gasteiger partial charge in [0, 0.05) is 12.6 Å². The summed E-state index contributed by atoms with van der Waals surface area (Å²) in [6, 6.07) is 5.34. The number of nitrogens with one attached hydrogen (secondary N) is 1. The predicted molar refractivity (Wildman–Crippen MR) is 64.2 cm³/mol. The quantitative estimate of drug-likeness (QED) is 0.881. The molecule has 1 unspecified atom stereocenters. The lowest BCUT2D eigenvalue weighted by atomic mass is 10.2. The fourth-order valence-electron chi connectivity index (χ4n) is 1.24. The van der Waals surface area contributed by atoms with Crippen molar-refractivity contribution in [2.45, 2.75) is 19.6 Å². The Morgan fingerprint density at radius 1 is 1.62 bits per heavy atom. The summed E-state index contributed by atoms with van der Waals surface area (Å²) in [6.45, 7) is 1.52. The maximum Gasteiger partial charge on any atom is 0.260 e. The Morgan fingerprint density at radius 3 is 2.88 bits per heavy atom. The summed E-state index contributed by atoms with van der Waals surface area (Å²) in [7, 11) is 1.55. The molecule has 1 amide bonds. The number of amides is 1. The molecule has 1 atom stereocenters. The summed E-state index contributed by atoms with van der Waals surface area (Å²) in [5.74, 6) is 0.292. The van der Waals surface area contributed by atoms with Gasteiger partial charge in [-0.3, -0.25) is 4.79 Å². The molecule has 16 heavy (non-hydrogen) atoms. The third kappa shape index (κ3) is 2.96. The number of benzene rings is 1. The number of aliphatic hydroxyl groups excluding tert-OH is 1. The minimum atomic E-state index is -0.603. The molecule has 2 N–H and O–H groups in total. The maximum absolute atomic E-state index is 11.3. The second kappa shape index (κ2) is 5.86. The number of para-hydroxylation sites is 1. The van der Waals surface area contributed by atoms with Gasteiger partial charge < -0.3 is 15.2 Å². The van der Waals surface area contributed by atoms with E-state index >= 15 is 0 Å². The average molecular weight is 288 g/mol. The van der Waals surface area contributed by atoms with Gasteiger partial charge >= 0.3 is 0 Å². The van der Waals surface area contributed by atoms with Gasteiger partial charge in [0.1, 0.15) is 5.75 Å². The highest BCUT2D eigenvalue weighted by Gasteiger charge is 2.16. The Labute approximate surface area is 103 Å². The molecule has 1 rings (SSSR count). The van der Waals surface area contributed by atoms with Crippen LogP contribution in [0, 0.1) is 0 Å². The van der Waals surface area contributed by atoms with Crippen LogP contribution in [-0.2, 0) is 11.4 Å². The first-order chi connectivity index (χ1) is 7.60. The zero-order valence-corrected chi connectivity index (χ0v) is 10.7. The number of likely N-dealkylation sites (N-methyl/N-ethyl adjacent to an activating group) is 1. The summed E-state index contributed by atoms with van der Waals surface area (Å²) in [6.07, 6.45) is -0.603. The van der Waals surface area contributed by atoms with Gasteiger partial charge in [0.25, 0.3) is 5.91 Å². The van der Waals surface area contributed by atoms with Crippen LogP contribution in [0.3, 0.4) is 0 Å². The molecule has 1 aromatic rings. The van der Waals surface area contributed by atoms with Crippen LogP contribution in [0.15, 0.2) is 22.7 Å². The van der Waals surface area contributed by atoms with Crippen molar-refractivity contribution in [3.8, 4) is 5.75 Å². The summed E-state index contributed by atoms with van der Waals surface area (Å²) in [5.41, 5.74) is 0.644. The third-order valence-electron chi connectivity index (χ3n) is 2.13. The van der Waals surface area contributed by atoms with Crippen molar-refractivity contribution < 1.29 is 14.6 Å². The van der Waals surface area contributed by atoms with Crippen molar-refractivity contribution >= 4 is 21.8 Å². The average Bonchev–Trinajstić information content (AvgIpc) is 2.30. The van der Waals surface area contributed by atoms with E-state index in [0.717, 1.165) is 4.47 Å². The van der Waals surface area contributed by atoms with Crippen LogP contribution in [0.5, 0.6) is 5.75 Å². The van der Waals surface area contributed by atoms with Crippen LogP contribution in [0.1, 0.15) is 12.5 Å². The van der Waals surface area contributed by atoms with E-state index in [1.54, 1.807) is 32.2 Å². The molecular formula is C11H14BrNO3. The first kappa shape index (κ1) is 13.0. The van der Waals surface area contributed by atoms with Gasteiger partial charge in [-0.2, -0.15) is 0 Å². The van der Waals surface area contributed by atoms with Gasteiger partial charge in [-0.15, -0.1) is 0 Å². The maximum atomic E-state index is 11.3. The Bertz CT molecular complexity index is 381. The number of ether oxygens (including phenoxy) is 1. The van der Waals surface area contributed by atoms with Crippen LogP contribution in [-0.4, -0.2) is 24.2 Å². The number of aliphatic hydroxyl groups is 1. The van der Waals surface area contributed by atoms with Crippen LogP contribution in [0.25, 0.3) is 0 Å². The van der Waals surface area contributed by atoms with Crippen molar-refractivity contribution in [1.82, 2.24) is 5.32 Å². The van der Waals surface area contributed by atoms with Crippen LogP contribution in [0.2, 0.25) is 0 Å². The number of carbonyl (C=O) groups is 1. The van der Waals surface area contributed by atoms with Gasteiger partial charge in [-0.1, -0.05) is 12.1 Å². The summed E-state index contributed by atoms with van der Waals surface area (Å²) in [4.78, 5) is 11.3. The number of rotatable bonds is 4. The molecule has 0 saturated carbocycles. The van der Waals surface area contributed by atoms with E-state index in [9.17, 15) is 4.79 Å². The van der Waals surface area contributed by atoms with E-state index in [0.29, 0.717) is 11.3 Å². The topological polar surface area (TPSA) is 58.6 Å². The highest BCUT2D eigenvalue weighted by atomic mass is 79.9. The lowest BCUT2D eigenvalue weighted by Crippen LogP contribution is -2.34. The minimum absolute atomic E-state index is 0.130. The Hall–Kier alpha value is -1.07. The molecule has 0 aliphatic carbocycles. The van der Waals surface area contributed by atoms with Crippen molar-refractivity contribution in [1.29, 1.82) is 0 Å². The molecule has 5 heteroatoms. The Kier molecular flexibility index (Phi) is 4.76. The standard InChI is InChI=1S/C11H14BrNO3/c1-7(11(15)13-2)16-10-8(6-14)4-3-5-9(10)12/h3-5,7,14H,6H2,1-2H3,(H,13,15). The van der Waals surface area contributed by atoms with E-state index < -0.39 is 6.10 Å². The van der Waals surface area contributed by atoms with Crippen LogP contribution in [0.4, 0.5) is 0 Å². The third-order valence-corrected chi connectivity index (χ3v) is 2.75. The highest BCUT2D eigenvalue weighted by Crippen LogP contribution is 2.29. The normalized spacial score (nSPS) is 12.0. The molecule has 0 radical (unpaired) electrons. The van der Waals surface area contributed by atoms with Crippen molar-refractivity contribution in [2.75, 3.05) is 7.05 Å². The van der Waals surface area contributed by atoms with E-state index in [1.807, 2.05) is 0 Å². The zero-order chi connectivity index (χ0) is 12.1. The van der Waals surface area contributed by atoms with Gasteiger partial charge in [-0.05, 0) is 28.9 Å². The van der Waals surface area contributed by atoms with Crippen molar-refractivity contribution in [2.24, 2.45) is 0 Å². The molecule has 0 bridgehead atoms. The smallest absolute Gasteiger partial charge is 0.260 e. The molecule has 0 aromatic heterocycles. The van der Waals surface area contributed by atoms with E-state index in [4.69, 9.17) is 9.84 Å². The first-order valence-electron chi connectivity index (χ1n) is 4.86. The van der Waals surface area contributed by atoms with Gasteiger partial charge in [-0.25, -0.2) is 0 Å². The summed E-state index contributed by atoms with van der Waals surface area (Å²) in [5, 5.41) is 11.7. The van der Waals surface area contributed by atoms with Crippen molar-refractivity contribution in [3.05, 3.63) is 28.2 Å². The molecule has 0 saturated heterocycles. The lowest BCUT2D eigenvalue weighted by molar-refractivity contribution is -0.126. The molecule has 88 valence electrons. The molecule has 0 heterocycles. The number of carbonyl (C=O) groups excluding carboxylic acids is 1. The summed E-state index contributed by atoms with van der Waals surface area (Å²) >= 11 is 3.32. The SMILES string of the molecule is CNC(=O)C(C)Oc1c(Br)cccc1CO. The van der Waals surface area contributed by atoms with Gasteiger partial charge in [0.05, 0.1) is 11.1 Å². The number of hydrogen-bond acceptors (Lipinski definition) is 3. The van der Waals surface area contributed by atoms with Gasteiger partial charge in [0.15, 0.2) is 6.10 Å². The summed E-state index contributed by atoms with van der Waals surface area (Å²) < 4.78 is 6.22. The van der Waals surface area contributed by atoms with Gasteiger partial charge in [0.2, 0.25) is 0 Å². The van der Waals surface area contributed by atoms with E-state index in [-0.39, 0.29) is 12.5 Å². The molecule has 0 aliphatic heterocycles. The monoisotopic (exact) mass is 287 g/mol. The highest BCUT2D eigenvalue weighted by molar-refractivity contribution is 9.10. The molecule has 4 nitrogen and oxygen atoms in total.